The van der Waals surface area contributed by atoms with Crippen molar-refractivity contribution in [2.75, 3.05) is 0 Å². The fourth-order valence-corrected chi connectivity index (χ4v) is 4.72. The highest BCUT2D eigenvalue weighted by molar-refractivity contribution is 7.90. The van der Waals surface area contributed by atoms with E-state index in [1.807, 2.05) is 67.6 Å². The van der Waals surface area contributed by atoms with Gasteiger partial charge in [0.25, 0.3) is 10.0 Å². The van der Waals surface area contributed by atoms with Gasteiger partial charge in [-0.25, -0.2) is 12.4 Å². The Hall–Kier alpha value is -2.85. The lowest BCUT2D eigenvalue weighted by Gasteiger charge is -2.10. The van der Waals surface area contributed by atoms with Crippen molar-refractivity contribution in [2.24, 2.45) is 0 Å². The Morgan fingerprint density at radius 1 is 0.720 bits per heavy atom. The second kappa shape index (κ2) is 5.90. The van der Waals surface area contributed by atoms with Crippen LogP contribution in [0.1, 0.15) is 5.69 Å². The molecule has 0 N–H and O–H groups in total. The van der Waals surface area contributed by atoms with Gasteiger partial charge in [0, 0.05) is 11.1 Å². The Labute approximate surface area is 147 Å². The van der Waals surface area contributed by atoms with E-state index in [9.17, 15) is 8.42 Å². The summed E-state index contributed by atoms with van der Waals surface area (Å²) in [5.74, 6) is 0. The fourth-order valence-electron chi connectivity index (χ4n) is 3.16. The van der Waals surface area contributed by atoms with Gasteiger partial charge in [-0.15, -0.1) is 0 Å². The smallest absolute Gasteiger partial charge is 0.238 e. The summed E-state index contributed by atoms with van der Waals surface area (Å²) >= 11 is 0. The van der Waals surface area contributed by atoms with Gasteiger partial charge in [0.2, 0.25) is 0 Å². The van der Waals surface area contributed by atoms with Crippen molar-refractivity contribution in [2.45, 2.75) is 11.8 Å². The second-order valence-electron chi connectivity index (χ2n) is 6.01. The SMILES string of the molecule is Cc1cc2cc(-c3ccccc3)ccc2n1S(=O)(=O)c1ccccc1. The molecule has 0 spiro atoms. The quantitative estimate of drug-likeness (QED) is 0.531. The van der Waals surface area contributed by atoms with E-state index < -0.39 is 10.0 Å². The highest BCUT2D eigenvalue weighted by Gasteiger charge is 2.21. The molecule has 0 radical (unpaired) electrons. The third-order valence-electron chi connectivity index (χ3n) is 4.32. The topological polar surface area (TPSA) is 39.1 Å². The Kier molecular flexibility index (Phi) is 3.70. The molecule has 25 heavy (non-hydrogen) atoms. The van der Waals surface area contributed by atoms with Crippen molar-refractivity contribution in [3.8, 4) is 11.1 Å². The molecule has 0 saturated carbocycles. The normalized spacial score (nSPS) is 11.7. The van der Waals surface area contributed by atoms with Crippen LogP contribution >= 0.6 is 0 Å². The summed E-state index contributed by atoms with van der Waals surface area (Å²) in [6, 6.07) is 26.4. The number of aromatic nitrogens is 1. The maximum absolute atomic E-state index is 13.0. The minimum atomic E-state index is -3.61. The Balaban J connectivity index is 1.91. The number of hydrogen-bond acceptors (Lipinski definition) is 2. The standard InChI is InChI=1S/C21H17NO2S/c1-16-14-19-15-18(17-8-4-2-5-9-17)12-13-21(19)22(16)25(23,24)20-10-6-3-7-11-20/h2-15H,1H3. The maximum atomic E-state index is 13.0. The molecule has 0 bridgehead atoms. The lowest BCUT2D eigenvalue weighted by atomic mass is 10.0. The van der Waals surface area contributed by atoms with Gasteiger partial charge in [0.1, 0.15) is 0 Å². The molecular weight excluding hydrogens is 330 g/mol. The molecule has 0 atom stereocenters. The van der Waals surface area contributed by atoms with Gasteiger partial charge in [-0.1, -0.05) is 54.6 Å². The second-order valence-corrected chi connectivity index (χ2v) is 7.79. The molecule has 0 amide bonds. The van der Waals surface area contributed by atoms with Gasteiger partial charge in [0.15, 0.2) is 0 Å². The van der Waals surface area contributed by atoms with E-state index in [-0.39, 0.29) is 0 Å². The molecule has 4 aromatic rings. The van der Waals surface area contributed by atoms with Crippen molar-refractivity contribution >= 4 is 20.9 Å². The first-order chi connectivity index (χ1) is 12.1. The number of aryl methyl sites for hydroxylation is 1. The predicted molar refractivity (Wildman–Crippen MR) is 101 cm³/mol. The van der Waals surface area contributed by atoms with E-state index >= 15 is 0 Å². The average Bonchev–Trinajstić information content (AvgIpc) is 2.98. The Bertz CT molecular complexity index is 1140. The molecule has 0 aliphatic carbocycles. The van der Waals surface area contributed by atoms with E-state index in [1.54, 1.807) is 24.3 Å². The van der Waals surface area contributed by atoms with Crippen molar-refractivity contribution < 1.29 is 8.42 Å². The zero-order chi connectivity index (χ0) is 17.4. The van der Waals surface area contributed by atoms with E-state index in [2.05, 4.69) is 0 Å². The van der Waals surface area contributed by atoms with Gasteiger partial charge in [0.05, 0.1) is 10.4 Å². The van der Waals surface area contributed by atoms with Crippen molar-refractivity contribution in [1.29, 1.82) is 0 Å². The van der Waals surface area contributed by atoms with Gasteiger partial charge in [-0.05, 0) is 48.4 Å². The van der Waals surface area contributed by atoms with Crippen LogP contribution in [0, 0.1) is 6.92 Å². The Morgan fingerprint density at radius 2 is 1.36 bits per heavy atom. The summed E-state index contributed by atoms with van der Waals surface area (Å²) in [6.45, 7) is 1.82. The molecular formula is C21H17NO2S. The molecule has 3 nitrogen and oxygen atoms in total. The summed E-state index contributed by atoms with van der Waals surface area (Å²) in [7, 11) is -3.61. The molecule has 1 aromatic heterocycles. The summed E-state index contributed by atoms with van der Waals surface area (Å²) < 4.78 is 27.5. The van der Waals surface area contributed by atoms with Gasteiger partial charge >= 0.3 is 0 Å². The molecule has 0 aliphatic heterocycles. The minimum Gasteiger partial charge on any atom is -0.238 e. The third-order valence-corrected chi connectivity index (χ3v) is 6.15. The van der Waals surface area contributed by atoms with Crippen molar-refractivity contribution in [3.05, 3.63) is 90.6 Å². The predicted octanol–water partition coefficient (Wildman–Crippen LogP) is 4.85. The van der Waals surface area contributed by atoms with Crippen LogP contribution in [0.5, 0.6) is 0 Å². The molecule has 1 heterocycles. The van der Waals surface area contributed by atoms with Crippen LogP contribution in [-0.4, -0.2) is 12.4 Å². The number of fused-ring (bicyclic) bond motifs is 1. The lowest BCUT2D eigenvalue weighted by Crippen LogP contribution is -2.14. The molecule has 4 rings (SSSR count). The van der Waals surface area contributed by atoms with Crippen molar-refractivity contribution in [3.63, 3.8) is 0 Å². The van der Waals surface area contributed by atoms with E-state index in [0.29, 0.717) is 16.1 Å². The lowest BCUT2D eigenvalue weighted by molar-refractivity contribution is 0.588. The summed E-state index contributed by atoms with van der Waals surface area (Å²) in [5.41, 5.74) is 3.58. The fraction of sp³-hybridized carbons (Fsp3) is 0.0476. The molecule has 0 fully saturated rings. The third kappa shape index (κ3) is 2.65. The van der Waals surface area contributed by atoms with Crippen LogP contribution in [0.4, 0.5) is 0 Å². The first kappa shape index (κ1) is 15.7. The van der Waals surface area contributed by atoms with Crippen LogP contribution in [0.15, 0.2) is 89.8 Å². The number of hydrogen-bond donors (Lipinski definition) is 0. The molecule has 0 aliphatic rings. The van der Waals surface area contributed by atoms with E-state index in [1.165, 1.54) is 3.97 Å². The van der Waals surface area contributed by atoms with E-state index in [4.69, 9.17) is 0 Å². The van der Waals surface area contributed by atoms with Gasteiger partial charge in [-0.3, -0.25) is 0 Å². The summed E-state index contributed by atoms with van der Waals surface area (Å²) in [4.78, 5) is 0.294. The summed E-state index contributed by atoms with van der Waals surface area (Å²) in [5, 5.41) is 0.915. The molecule has 124 valence electrons. The first-order valence-electron chi connectivity index (χ1n) is 8.05. The number of nitrogens with zero attached hydrogens (tertiary/aromatic N) is 1. The highest BCUT2D eigenvalue weighted by Crippen LogP contribution is 2.29. The molecule has 0 saturated heterocycles. The first-order valence-corrected chi connectivity index (χ1v) is 9.49. The maximum Gasteiger partial charge on any atom is 0.268 e. The monoisotopic (exact) mass is 347 g/mol. The molecule has 4 heteroatoms. The molecule has 0 unspecified atom stereocenters. The van der Waals surface area contributed by atoms with E-state index in [0.717, 1.165) is 16.5 Å². The van der Waals surface area contributed by atoms with Crippen LogP contribution in [0.3, 0.4) is 0 Å². The zero-order valence-electron chi connectivity index (χ0n) is 13.8. The zero-order valence-corrected chi connectivity index (χ0v) is 14.6. The van der Waals surface area contributed by atoms with Crippen LogP contribution in [0.25, 0.3) is 22.0 Å². The summed E-state index contributed by atoms with van der Waals surface area (Å²) in [6.07, 6.45) is 0. The van der Waals surface area contributed by atoms with Crippen molar-refractivity contribution in [1.82, 2.24) is 3.97 Å². The van der Waals surface area contributed by atoms with Crippen LogP contribution in [0.2, 0.25) is 0 Å². The van der Waals surface area contributed by atoms with Gasteiger partial charge in [-0.2, -0.15) is 0 Å². The van der Waals surface area contributed by atoms with Crippen LogP contribution < -0.4 is 0 Å². The average molecular weight is 347 g/mol. The minimum absolute atomic E-state index is 0.294. The highest BCUT2D eigenvalue weighted by atomic mass is 32.2. The number of rotatable bonds is 3. The largest absolute Gasteiger partial charge is 0.268 e. The Morgan fingerprint density at radius 3 is 2.04 bits per heavy atom. The number of benzene rings is 3. The van der Waals surface area contributed by atoms with Crippen LogP contribution in [-0.2, 0) is 10.0 Å². The van der Waals surface area contributed by atoms with Gasteiger partial charge < -0.3 is 0 Å². The molecule has 3 aromatic carbocycles.